The molecule has 22 heavy (non-hydrogen) atoms. The highest BCUT2D eigenvalue weighted by Gasteiger charge is 2.39. The van der Waals surface area contributed by atoms with Crippen LogP contribution < -0.4 is 0 Å². The molecule has 0 spiro atoms. The standard InChI is InChI=1S/C14H16FN3O3S/c15-11-3-1-10(2-4-11)13(19)8-18(12-5-6-12)22(20,21)14-7-16-9-17-14/h1-4,7,9,12-13,19H,5-6,8H2,(H,16,17). The Morgan fingerprint density at radius 2 is 2.05 bits per heavy atom. The largest absolute Gasteiger partial charge is 0.387 e. The van der Waals surface area contributed by atoms with Gasteiger partial charge in [-0.05, 0) is 30.5 Å². The highest BCUT2D eigenvalue weighted by Crippen LogP contribution is 2.33. The maximum absolute atomic E-state index is 12.9. The second-order valence-corrected chi connectivity index (χ2v) is 7.15. The third kappa shape index (κ3) is 3.03. The molecule has 0 saturated heterocycles. The molecular weight excluding hydrogens is 309 g/mol. The monoisotopic (exact) mass is 325 g/mol. The van der Waals surface area contributed by atoms with Gasteiger partial charge in [0.25, 0.3) is 10.0 Å². The molecule has 8 heteroatoms. The number of sulfonamides is 1. The average Bonchev–Trinajstić information content (AvgIpc) is 3.16. The van der Waals surface area contributed by atoms with E-state index >= 15 is 0 Å². The van der Waals surface area contributed by atoms with Gasteiger partial charge in [-0.25, -0.2) is 17.8 Å². The van der Waals surface area contributed by atoms with Crippen molar-refractivity contribution in [2.75, 3.05) is 6.54 Å². The van der Waals surface area contributed by atoms with Crippen LogP contribution in [0.2, 0.25) is 0 Å². The van der Waals surface area contributed by atoms with Crippen LogP contribution in [0.1, 0.15) is 24.5 Å². The molecule has 6 nitrogen and oxygen atoms in total. The highest BCUT2D eigenvalue weighted by molar-refractivity contribution is 7.89. The van der Waals surface area contributed by atoms with E-state index in [2.05, 4.69) is 9.97 Å². The fraction of sp³-hybridized carbons (Fsp3) is 0.357. The SMILES string of the molecule is O=S(=O)(c1cnc[nH]1)N(CC(O)c1ccc(F)cc1)C1CC1. The van der Waals surface area contributed by atoms with Crippen molar-refractivity contribution in [3.8, 4) is 0 Å². The van der Waals surface area contributed by atoms with Gasteiger partial charge in [0.05, 0.1) is 18.6 Å². The maximum Gasteiger partial charge on any atom is 0.260 e. The van der Waals surface area contributed by atoms with Gasteiger partial charge >= 0.3 is 0 Å². The predicted octanol–water partition coefficient (Wildman–Crippen LogP) is 1.44. The molecule has 2 aromatic rings. The Kier molecular flexibility index (Phi) is 3.98. The smallest absolute Gasteiger partial charge is 0.260 e. The van der Waals surface area contributed by atoms with Crippen LogP contribution in [0.3, 0.4) is 0 Å². The summed E-state index contributed by atoms with van der Waals surface area (Å²) in [5.74, 6) is -0.403. The number of aliphatic hydroxyl groups excluding tert-OH is 1. The molecule has 1 unspecified atom stereocenters. The summed E-state index contributed by atoms with van der Waals surface area (Å²) in [5, 5.41) is 10.3. The van der Waals surface area contributed by atoms with Gasteiger partial charge in [-0.15, -0.1) is 0 Å². The predicted molar refractivity (Wildman–Crippen MR) is 76.9 cm³/mol. The Labute approximate surface area is 127 Å². The van der Waals surface area contributed by atoms with Crippen molar-refractivity contribution in [2.24, 2.45) is 0 Å². The average molecular weight is 325 g/mol. The molecule has 0 aliphatic heterocycles. The Morgan fingerprint density at radius 1 is 1.36 bits per heavy atom. The zero-order chi connectivity index (χ0) is 15.7. The van der Waals surface area contributed by atoms with Gasteiger partial charge in [-0.1, -0.05) is 12.1 Å². The first-order valence-electron chi connectivity index (χ1n) is 6.92. The molecule has 1 heterocycles. The lowest BCUT2D eigenvalue weighted by atomic mass is 10.1. The minimum Gasteiger partial charge on any atom is -0.387 e. The van der Waals surface area contributed by atoms with Crippen LogP contribution in [0.25, 0.3) is 0 Å². The number of hydrogen-bond donors (Lipinski definition) is 2. The second kappa shape index (κ2) is 5.79. The topological polar surface area (TPSA) is 86.3 Å². The molecule has 118 valence electrons. The van der Waals surface area contributed by atoms with E-state index in [-0.39, 0.29) is 17.6 Å². The van der Waals surface area contributed by atoms with Gasteiger partial charge in [-0.3, -0.25) is 0 Å². The summed E-state index contributed by atoms with van der Waals surface area (Å²) in [5.41, 5.74) is 0.479. The van der Waals surface area contributed by atoms with Gasteiger partial charge < -0.3 is 10.1 Å². The first-order valence-corrected chi connectivity index (χ1v) is 8.36. The van der Waals surface area contributed by atoms with Crippen molar-refractivity contribution in [3.63, 3.8) is 0 Å². The van der Waals surface area contributed by atoms with Crippen LogP contribution in [-0.2, 0) is 10.0 Å². The van der Waals surface area contributed by atoms with Crippen molar-refractivity contribution in [1.82, 2.24) is 14.3 Å². The Morgan fingerprint density at radius 3 is 2.59 bits per heavy atom. The number of halogens is 1. The fourth-order valence-corrected chi connectivity index (χ4v) is 3.87. The summed E-state index contributed by atoms with van der Waals surface area (Å²) in [7, 11) is -3.72. The number of nitrogens with zero attached hydrogens (tertiary/aromatic N) is 2. The molecule has 1 saturated carbocycles. The summed E-state index contributed by atoms with van der Waals surface area (Å²) in [4.78, 5) is 6.32. The van der Waals surface area contributed by atoms with Gasteiger partial charge in [-0.2, -0.15) is 4.31 Å². The molecule has 0 amide bonds. The third-order valence-corrected chi connectivity index (χ3v) is 5.47. The molecule has 1 aliphatic rings. The molecular formula is C14H16FN3O3S. The van der Waals surface area contributed by atoms with E-state index in [9.17, 15) is 17.9 Å². The van der Waals surface area contributed by atoms with Crippen molar-refractivity contribution in [3.05, 3.63) is 48.2 Å². The molecule has 1 aromatic heterocycles. The number of benzene rings is 1. The first kappa shape index (κ1) is 15.1. The number of hydrogen-bond acceptors (Lipinski definition) is 4. The van der Waals surface area contributed by atoms with Gasteiger partial charge in [0, 0.05) is 12.6 Å². The molecule has 1 aliphatic carbocycles. The van der Waals surface area contributed by atoms with Crippen LogP contribution >= 0.6 is 0 Å². The van der Waals surface area contributed by atoms with Crippen LogP contribution in [0, 0.1) is 5.82 Å². The molecule has 1 aromatic carbocycles. The maximum atomic E-state index is 12.9. The normalized spacial score (nSPS) is 16.9. The van der Waals surface area contributed by atoms with E-state index < -0.39 is 21.9 Å². The minimum absolute atomic E-state index is 0.00528. The first-order chi connectivity index (χ1) is 10.5. The van der Waals surface area contributed by atoms with Gasteiger partial charge in [0.2, 0.25) is 0 Å². The van der Waals surface area contributed by atoms with Crippen LogP contribution in [-0.4, -0.2) is 40.4 Å². The number of aliphatic hydroxyl groups is 1. The second-order valence-electron chi connectivity index (χ2n) is 5.29. The molecule has 1 atom stereocenters. The van der Waals surface area contributed by atoms with E-state index in [1.54, 1.807) is 0 Å². The summed E-state index contributed by atoms with van der Waals surface area (Å²) >= 11 is 0. The van der Waals surface area contributed by atoms with Gasteiger partial charge in [0.1, 0.15) is 5.82 Å². The molecule has 0 radical (unpaired) electrons. The van der Waals surface area contributed by atoms with E-state index in [1.165, 1.54) is 41.1 Å². The minimum atomic E-state index is -3.72. The van der Waals surface area contributed by atoms with E-state index in [0.29, 0.717) is 5.56 Å². The van der Waals surface area contributed by atoms with Crippen molar-refractivity contribution >= 4 is 10.0 Å². The van der Waals surface area contributed by atoms with Crippen molar-refractivity contribution in [2.45, 2.75) is 30.0 Å². The number of H-pyrrole nitrogens is 1. The lowest BCUT2D eigenvalue weighted by Crippen LogP contribution is -2.36. The summed E-state index contributed by atoms with van der Waals surface area (Å²) in [6.45, 7) is -0.0718. The molecule has 2 N–H and O–H groups in total. The number of aromatic amines is 1. The van der Waals surface area contributed by atoms with E-state index in [1.807, 2.05) is 0 Å². The molecule has 3 rings (SSSR count). The van der Waals surface area contributed by atoms with Crippen LogP contribution in [0.15, 0.2) is 41.8 Å². The molecule has 0 bridgehead atoms. The summed E-state index contributed by atoms with van der Waals surface area (Å²) < 4.78 is 39.4. The third-order valence-electron chi connectivity index (χ3n) is 3.62. The Balaban J connectivity index is 1.82. The highest BCUT2D eigenvalue weighted by atomic mass is 32.2. The summed E-state index contributed by atoms with van der Waals surface area (Å²) in [6.07, 6.45) is 3.06. The van der Waals surface area contributed by atoms with E-state index in [4.69, 9.17) is 0 Å². The zero-order valence-electron chi connectivity index (χ0n) is 11.7. The Bertz CT molecular complexity index is 727. The summed E-state index contributed by atoms with van der Waals surface area (Å²) in [6, 6.07) is 5.28. The number of rotatable bonds is 6. The van der Waals surface area contributed by atoms with E-state index in [0.717, 1.165) is 12.8 Å². The fourth-order valence-electron chi connectivity index (χ4n) is 2.28. The van der Waals surface area contributed by atoms with Crippen LogP contribution in [0.4, 0.5) is 4.39 Å². The zero-order valence-corrected chi connectivity index (χ0v) is 12.5. The Hall–Kier alpha value is -1.77. The number of imidazole rings is 1. The quantitative estimate of drug-likeness (QED) is 0.841. The lowest BCUT2D eigenvalue weighted by molar-refractivity contribution is 0.145. The van der Waals surface area contributed by atoms with Gasteiger partial charge in [0.15, 0.2) is 5.03 Å². The van der Waals surface area contributed by atoms with Crippen molar-refractivity contribution in [1.29, 1.82) is 0 Å². The molecule has 1 fully saturated rings. The van der Waals surface area contributed by atoms with Crippen molar-refractivity contribution < 1.29 is 17.9 Å². The lowest BCUT2D eigenvalue weighted by Gasteiger charge is -2.24. The number of aromatic nitrogens is 2. The number of nitrogens with one attached hydrogen (secondary N) is 1. The van der Waals surface area contributed by atoms with Crippen LogP contribution in [0.5, 0.6) is 0 Å².